The summed E-state index contributed by atoms with van der Waals surface area (Å²) in [5, 5.41) is 2.48. The van der Waals surface area contributed by atoms with Crippen molar-refractivity contribution in [1.29, 1.82) is 0 Å². The van der Waals surface area contributed by atoms with Crippen molar-refractivity contribution >= 4 is 42.4 Å². The molecule has 0 saturated carbocycles. The summed E-state index contributed by atoms with van der Waals surface area (Å²) >= 11 is 6.99. The molecule has 0 aliphatic rings. The van der Waals surface area contributed by atoms with Gasteiger partial charge >= 0.3 is 0 Å². The van der Waals surface area contributed by atoms with Crippen LogP contribution in [0.4, 0.5) is 0 Å². The highest BCUT2D eigenvalue weighted by Gasteiger charge is 1.92. The van der Waals surface area contributed by atoms with E-state index in [1.165, 1.54) is 10.4 Å². The van der Waals surface area contributed by atoms with E-state index in [1.54, 1.807) is 0 Å². The van der Waals surface area contributed by atoms with Crippen LogP contribution >= 0.6 is 31.9 Å². The molecule has 0 unspecified atom stereocenters. The number of benzene rings is 1. The first-order chi connectivity index (χ1) is 5.66. The highest BCUT2D eigenvalue weighted by Crippen LogP contribution is 2.02. The maximum absolute atomic E-state index is 3.51. The molecule has 64 valence electrons. The van der Waals surface area contributed by atoms with Gasteiger partial charge in [-0.25, -0.2) is 0 Å². The molecule has 0 spiro atoms. The van der Waals surface area contributed by atoms with E-state index < -0.39 is 0 Å². The van der Waals surface area contributed by atoms with Crippen molar-refractivity contribution in [2.75, 3.05) is 0 Å². The Bertz CT molecular complexity index is 387. The molecule has 1 rings (SSSR count). The van der Waals surface area contributed by atoms with Crippen LogP contribution in [0.15, 0.2) is 22.7 Å². The Morgan fingerprint density at radius 2 is 2.08 bits per heavy atom. The molecule has 1 aromatic carbocycles. The molecular formula is C10H10Br2. The topological polar surface area (TPSA) is 0 Å². The second-order valence-electron chi connectivity index (χ2n) is 2.52. The van der Waals surface area contributed by atoms with E-state index in [0.29, 0.717) is 0 Å². The van der Waals surface area contributed by atoms with E-state index in [2.05, 4.69) is 57.0 Å². The predicted molar refractivity (Wildman–Crippen MR) is 61.5 cm³/mol. The van der Waals surface area contributed by atoms with Gasteiger partial charge in [0.1, 0.15) is 0 Å². The Hall–Kier alpha value is -0.0800. The fourth-order valence-electron chi connectivity index (χ4n) is 1.13. The first kappa shape index (κ1) is 10.0. The molecule has 0 atom stereocenters. The van der Waals surface area contributed by atoms with Gasteiger partial charge in [0, 0.05) is 4.47 Å². The van der Waals surface area contributed by atoms with Crippen molar-refractivity contribution in [2.45, 2.75) is 13.8 Å². The number of hydrogen-bond donors (Lipinski definition) is 0. The average molecular weight is 290 g/mol. The summed E-state index contributed by atoms with van der Waals surface area (Å²) in [4.78, 5) is 0. The van der Waals surface area contributed by atoms with Crippen LogP contribution < -0.4 is 10.4 Å². The Labute approximate surface area is 89.2 Å². The zero-order valence-electron chi connectivity index (χ0n) is 7.07. The van der Waals surface area contributed by atoms with Gasteiger partial charge in [0.2, 0.25) is 0 Å². The summed E-state index contributed by atoms with van der Waals surface area (Å²) in [6.07, 6.45) is 2.10. The standard InChI is InChI=1S/C10H10Br2/c1-3-8-9(7(2)11)5-4-6-10(8)12/h3-6H,1-2H3/b8-3+,9-7+. The fraction of sp³-hybridized carbons (Fsp3) is 0.200. The second-order valence-corrected chi connectivity index (χ2v) is 4.57. The van der Waals surface area contributed by atoms with Crippen molar-refractivity contribution in [3.05, 3.63) is 33.1 Å². The minimum atomic E-state index is 1.14. The van der Waals surface area contributed by atoms with E-state index in [0.717, 1.165) is 8.96 Å². The van der Waals surface area contributed by atoms with E-state index in [9.17, 15) is 0 Å². The van der Waals surface area contributed by atoms with Gasteiger partial charge in [0.15, 0.2) is 0 Å². The second kappa shape index (κ2) is 4.24. The molecule has 0 radical (unpaired) electrons. The van der Waals surface area contributed by atoms with E-state index in [1.807, 2.05) is 13.0 Å². The first-order valence-electron chi connectivity index (χ1n) is 3.74. The van der Waals surface area contributed by atoms with Gasteiger partial charge in [0.05, 0.1) is 0 Å². The molecule has 0 fully saturated rings. The van der Waals surface area contributed by atoms with Gasteiger partial charge in [-0.3, -0.25) is 0 Å². The molecule has 0 aliphatic heterocycles. The van der Waals surface area contributed by atoms with Crippen LogP contribution in [-0.4, -0.2) is 0 Å². The lowest BCUT2D eigenvalue weighted by atomic mass is 10.2. The fourth-order valence-corrected chi connectivity index (χ4v) is 2.07. The minimum Gasteiger partial charge on any atom is -0.0786 e. The summed E-state index contributed by atoms with van der Waals surface area (Å²) in [5.74, 6) is 0. The highest BCUT2D eigenvalue weighted by molar-refractivity contribution is 9.14. The molecule has 0 nitrogen and oxygen atoms in total. The van der Waals surface area contributed by atoms with Crippen LogP contribution in [-0.2, 0) is 0 Å². The van der Waals surface area contributed by atoms with Gasteiger partial charge < -0.3 is 0 Å². The molecular weight excluding hydrogens is 280 g/mol. The normalized spacial score (nSPS) is 14.8. The zero-order chi connectivity index (χ0) is 9.14. The molecule has 1 aromatic rings. The molecule has 0 aromatic heterocycles. The molecule has 0 N–H and O–H groups in total. The van der Waals surface area contributed by atoms with Crippen molar-refractivity contribution in [1.82, 2.24) is 0 Å². The Balaban J connectivity index is 3.75. The number of hydrogen-bond acceptors (Lipinski definition) is 0. The smallest absolute Gasteiger partial charge is 0.0250 e. The van der Waals surface area contributed by atoms with Crippen LogP contribution in [0, 0.1) is 0 Å². The SMILES string of the molecule is C/C=c1/c(Br)ccc/c1=C(/C)Br. The van der Waals surface area contributed by atoms with Gasteiger partial charge in [-0.15, -0.1) is 0 Å². The van der Waals surface area contributed by atoms with Crippen LogP contribution in [0.25, 0.3) is 10.6 Å². The third-order valence-corrected chi connectivity index (χ3v) is 2.83. The Kier molecular flexibility index (Phi) is 3.53. The van der Waals surface area contributed by atoms with Crippen LogP contribution in [0.5, 0.6) is 0 Å². The lowest BCUT2D eigenvalue weighted by Gasteiger charge is -1.95. The largest absolute Gasteiger partial charge is 0.0786 e. The summed E-state index contributed by atoms with van der Waals surface area (Å²) < 4.78 is 2.30. The van der Waals surface area contributed by atoms with E-state index >= 15 is 0 Å². The first-order valence-corrected chi connectivity index (χ1v) is 5.32. The van der Waals surface area contributed by atoms with Gasteiger partial charge in [-0.1, -0.05) is 50.1 Å². The van der Waals surface area contributed by atoms with E-state index in [-0.39, 0.29) is 0 Å². The van der Waals surface area contributed by atoms with Crippen LogP contribution in [0.3, 0.4) is 0 Å². The summed E-state index contributed by atoms with van der Waals surface area (Å²) in [5.41, 5.74) is 0. The summed E-state index contributed by atoms with van der Waals surface area (Å²) in [6.45, 7) is 4.09. The lowest BCUT2D eigenvalue weighted by Crippen LogP contribution is -2.25. The van der Waals surface area contributed by atoms with Gasteiger partial charge in [-0.05, 0) is 34.8 Å². The third kappa shape index (κ3) is 1.99. The molecule has 2 heteroatoms. The number of halogens is 2. The summed E-state index contributed by atoms with van der Waals surface area (Å²) in [6, 6.07) is 6.19. The van der Waals surface area contributed by atoms with E-state index in [4.69, 9.17) is 0 Å². The van der Waals surface area contributed by atoms with Crippen LogP contribution in [0.1, 0.15) is 13.8 Å². The minimum absolute atomic E-state index is 1.14. The maximum Gasteiger partial charge on any atom is 0.0250 e. The summed E-state index contributed by atoms with van der Waals surface area (Å²) in [7, 11) is 0. The predicted octanol–water partition coefficient (Wildman–Crippen LogP) is 2.77. The molecule has 0 saturated heterocycles. The quantitative estimate of drug-likeness (QED) is 0.689. The Morgan fingerprint density at radius 1 is 1.42 bits per heavy atom. The highest BCUT2D eigenvalue weighted by atomic mass is 79.9. The van der Waals surface area contributed by atoms with Crippen LogP contribution in [0.2, 0.25) is 0 Å². The van der Waals surface area contributed by atoms with Crippen molar-refractivity contribution in [3.8, 4) is 0 Å². The van der Waals surface area contributed by atoms with Gasteiger partial charge in [-0.2, -0.15) is 0 Å². The monoisotopic (exact) mass is 288 g/mol. The average Bonchev–Trinajstić information content (AvgIpc) is 2.03. The van der Waals surface area contributed by atoms with Crippen molar-refractivity contribution in [2.24, 2.45) is 0 Å². The molecule has 12 heavy (non-hydrogen) atoms. The number of rotatable bonds is 0. The molecule has 0 bridgehead atoms. The Morgan fingerprint density at radius 3 is 2.50 bits per heavy atom. The third-order valence-electron chi connectivity index (χ3n) is 1.71. The lowest BCUT2D eigenvalue weighted by molar-refractivity contribution is 1.45. The van der Waals surface area contributed by atoms with Gasteiger partial charge in [0.25, 0.3) is 0 Å². The zero-order valence-corrected chi connectivity index (χ0v) is 10.2. The molecule has 0 amide bonds. The maximum atomic E-state index is 3.51. The molecule has 0 aliphatic carbocycles. The van der Waals surface area contributed by atoms with Crippen molar-refractivity contribution < 1.29 is 0 Å². The molecule has 0 heterocycles. The van der Waals surface area contributed by atoms with Crippen molar-refractivity contribution in [3.63, 3.8) is 0 Å².